The normalized spacial score (nSPS) is 22.0. The van der Waals surface area contributed by atoms with Crippen molar-refractivity contribution < 1.29 is 32.3 Å². The molecule has 0 aromatic carbocycles. The minimum atomic E-state index is -4.52. The van der Waals surface area contributed by atoms with Crippen LogP contribution in [-0.2, 0) is 33.5 Å². The number of carbonyl (C=O) groups is 3. The van der Waals surface area contributed by atoms with Gasteiger partial charge >= 0.3 is 12.3 Å². The van der Waals surface area contributed by atoms with Crippen molar-refractivity contribution >= 4 is 28.9 Å². The Kier molecular flexibility index (Phi) is 7.88. The van der Waals surface area contributed by atoms with Gasteiger partial charge in [0.15, 0.2) is 5.12 Å². The summed E-state index contributed by atoms with van der Waals surface area (Å²) in [5.41, 5.74) is -1.59. The summed E-state index contributed by atoms with van der Waals surface area (Å²) < 4.78 is 44.8. The van der Waals surface area contributed by atoms with Crippen LogP contribution >= 0.6 is 11.8 Å². The van der Waals surface area contributed by atoms with Crippen LogP contribution in [0.15, 0.2) is 24.4 Å². The second-order valence-corrected chi connectivity index (χ2v) is 11.1. The summed E-state index contributed by atoms with van der Waals surface area (Å²) in [6.45, 7) is 7.03. The maximum Gasteiger partial charge on any atom is 0.417 e. The Balaban J connectivity index is 1.78. The number of pyridine rings is 1. The van der Waals surface area contributed by atoms with E-state index in [0.717, 1.165) is 24.0 Å². The number of ether oxygens (including phenoxy) is 1. The van der Waals surface area contributed by atoms with Gasteiger partial charge in [0.05, 0.1) is 17.0 Å². The van der Waals surface area contributed by atoms with E-state index in [4.69, 9.17) is 4.74 Å². The van der Waals surface area contributed by atoms with Crippen LogP contribution in [0.25, 0.3) is 0 Å². The zero-order valence-corrected chi connectivity index (χ0v) is 21.0. The summed E-state index contributed by atoms with van der Waals surface area (Å²) in [7, 11) is 0. The van der Waals surface area contributed by atoms with E-state index in [1.165, 1.54) is 6.92 Å². The van der Waals surface area contributed by atoms with E-state index in [-0.39, 0.29) is 24.0 Å². The first kappa shape index (κ1) is 27.0. The molecular formula is C24H30F3N3O4S. The number of hydrogen-bond donors (Lipinski definition) is 1. The molecule has 1 aromatic rings. The SMILES string of the molecule is CC(=O)SCCC1(C(=O)N2CCc3ncc(C(F)(F)F)cc3C2)C=CC(NC(=O)OC(C)(C)C)C1. The molecular weight excluding hydrogens is 483 g/mol. The topological polar surface area (TPSA) is 88.6 Å². The van der Waals surface area contributed by atoms with E-state index in [9.17, 15) is 27.6 Å². The quantitative estimate of drug-likeness (QED) is 0.584. The van der Waals surface area contributed by atoms with Gasteiger partial charge in [-0.25, -0.2) is 4.79 Å². The molecule has 1 aliphatic carbocycles. The predicted octanol–water partition coefficient (Wildman–Crippen LogP) is 4.49. The Hall–Kier alpha value is -2.56. The van der Waals surface area contributed by atoms with Crippen LogP contribution in [0.5, 0.6) is 0 Å². The summed E-state index contributed by atoms with van der Waals surface area (Å²) in [4.78, 5) is 43.0. The summed E-state index contributed by atoms with van der Waals surface area (Å²) in [5, 5.41) is 2.69. The Morgan fingerprint density at radius 3 is 2.63 bits per heavy atom. The third kappa shape index (κ3) is 6.99. The molecule has 0 fully saturated rings. The second kappa shape index (κ2) is 10.2. The molecule has 1 aliphatic heterocycles. The minimum Gasteiger partial charge on any atom is -0.444 e. The molecule has 2 atom stereocenters. The predicted molar refractivity (Wildman–Crippen MR) is 125 cm³/mol. The molecule has 0 radical (unpaired) electrons. The molecule has 1 N–H and O–H groups in total. The van der Waals surface area contributed by atoms with Crippen molar-refractivity contribution in [2.45, 2.75) is 71.3 Å². The molecule has 192 valence electrons. The van der Waals surface area contributed by atoms with E-state index < -0.39 is 34.9 Å². The first-order valence-electron chi connectivity index (χ1n) is 11.4. The third-order valence-electron chi connectivity index (χ3n) is 5.87. The fourth-order valence-corrected chi connectivity index (χ4v) is 5.04. The van der Waals surface area contributed by atoms with Crippen molar-refractivity contribution in [3.63, 3.8) is 0 Å². The molecule has 11 heteroatoms. The number of alkyl carbamates (subject to hydrolysis) is 1. The van der Waals surface area contributed by atoms with Gasteiger partial charge in [-0.1, -0.05) is 23.9 Å². The summed E-state index contributed by atoms with van der Waals surface area (Å²) in [6.07, 6.45) is 0.153. The highest BCUT2D eigenvalue weighted by Crippen LogP contribution is 2.40. The fraction of sp³-hybridized carbons (Fsp3) is 0.583. The first-order valence-corrected chi connectivity index (χ1v) is 12.3. The Bertz CT molecular complexity index is 1020. The fourth-order valence-electron chi connectivity index (χ4n) is 4.28. The number of hydrogen-bond acceptors (Lipinski definition) is 6. The number of fused-ring (bicyclic) bond motifs is 1. The number of aromatic nitrogens is 1. The lowest BCUT2D eigenvalue weighted by molar-refractivity contribution is -0.141. The van der Waals surface area contributed by atoms with Crippen molar-refractivity contribution in [1.29, 1.82) is 0 Å². The molecule has 3 rings (SSSR count). The van der Waals surface area contributed by atoms with Gasteiger partial charge < -0.3 is 15.0 Å². The maximum atomic E-state index is 13.7. The lowest BCUT2D eigenvalue weighted by atomic mass is 9.81. The number of halogens is 3. The Labute approximate surface area is 206 Å². The van der Waals surface area contributed by atoms with E-state index >= 15 is 0 Å². The molecule has 7 nitrogen and oxygen atoms in total. The Morgan fingerprint density at radius 2 is 2.00 bits per heavy atom. The van der Waals surface area contributed by atoms with Crippen LogP contribution < -0.4 is 5.32 Å². The second-order valence-electron chi connectivity index (χ2n) is 9.87. The van der Waals surface area contributed by atoms with Crippen LogP contribution in [0.4, 0.5) is 18.0 Å². The van der Waals surface area contributed by atoms with Crippen molar-refractivity contribution in [3.05, 3.63) is 41.2 Å². The van der Waals surface area contributed by atoms with Crippen LogP contribution in [0.3, 0.4) is 0 Å². The van der Waals surface area contributed by atoms with Crippen LogP contribution in [0, 0.1) is 5.41 Å². The molecule has 0 saturated carbocycles. The number of carbonyl (C=O) groups excluding carboxylic acids is 3. The molecule has 2 aliphatic rings. The van der Waals surface area contributed by atoms with Crippen molar-refractivity contribution in [2.24, 2.45) is 5.41 Å². The summed E-state index contributed by atoms with van der Waals surface area (Å²) in [5.74, 6) is 0.156. The Morgan fingerprint density at radius 1 is 1.29 bits per heavy atom. The van der Waals surface area contributed by atoms with E-state index in [0.29, 0.717) is 36.4 Å². The molecule has 35 heavy (non-hydrogen) atoms. The van der Waals surface area contributed by atoms with Crippen molar-refractivity contribution in [2.75, 3.05) is 12.3 Å². The number of nitrogens with one attached hydrogen (secondary N) is 1. The number of thioether (sulfide) groups is 1. The smallest absolute Gasteiger partial charge is 0.417 e. The van der Waals surface area contributed by atoms with Gasteiger partial charge in [0.1, 0.15) is 5.60 Å². The van der Waals surface area contributed by atoms with Crippen molar-refractivity contribution in [3.8, 4) is 0 Å². The summed E-state index contributed by atoms with van der Waals surface area (Å²) >= 11 is 1.11. The molecule has 2 heterocycles. The average molecular weight is 514 g/mol. The first-order chi connectivity index (χ1) is 16.2. The van der Waals surface area contributed by atoms with Gasteiger partial charge in [-0.15, -0.1) is 0 Å². The van der Waals surface area contributed by atoms with E-state index in [1.54, 1.807) is 37.8 Å². The zero-order chi connectivity index (χ0) is 26.0. The largest absolute Gasteiger partial charge is 0.444 e. The highest BCUT2D eigenvalue weighted by Gasteiger charge is 2.45. The van der Waals surface area contributed by atoms with E-state index in [1.807, 2.05) is 0 Å². The maximum absolute atomic E-state index is 13.7. The lowest BCUT2D eigenvalue weighted by Crippen LogP contribution is -2.47. The molecule has 2 unspecified atom stereocenters. The van der Waals surface area contributed by atoms with Gasteiger partial charge in [0.25, 0.3) is 0 Å². The molecule has 0 saturated heterocycles. The monoisotopic (exact) mass is 513 g/mol. The number of nitrogens with zero attached hydrogens (tertiary/aromatic N) is 2. The van der Waals surface area contributed by atoms with Gasteiger partial charge in [-0.05, 0) is 45.2 Å². The van der Waals surface area contributed by atoms with Gasteiger partial charge in [-0.2, -0.15) is 13.2 Å². The third-order valence-corrected chi connectivity index (χ3v) is 6.68. The summed E-state index contributed by atoms with van der Waals surface area (Å²) in [6, 6.07) is 0.601. The van der Waals surface area contributed by atoms with Crippen LogP contribution in [0.2, 0.25) is 0 Å². The molecule has 1 aromatic heterocycles. The molecule has 2 amide bonds. The molecule has 0 bridgehead atoms. The van der Waals surface area contributed by atoms with E-state index in [2.05, 4.69) is 10.3 Å². The molecule has 0 spiro atoms. The van der Waals surface area contributed by atoms with Crippen molar-refractivity contribution in [1.82, 2.24) is 15.2 Å². The standard InChI is InChI=1S/C24H30F3N3O4S/c1-15(31)35-10-8-23(7-5-18(12-23)29-21(33)34-22(2,3)4)20(32)30-9-6-19-16(14-30)11-17(13-28-19)24(25,26)27/h5,7,11,13,18H,6,8-10,12,14H2,1-4H3,(H,29,33). The van der Waals surface area contributed by atoms with Gasteiger partial charge in [0, 0.05) is 44.1 Å². The minimum absolute atomic E-state index is 0.0185. The van der Waals surface area contributed by atoms with Crippen LogP contribution in [0.1, 0.15) is 57.4 Å². The number of amides is 2. The average Bonchev–Trinajstić information content (AvgIpc) is 3.13. The number of alkyl halides is 3. The zero-order valence-electron chi connectivity index (χ0n) is 20.2. The van der Waals surface area contributed by atoms with Crippen LogP contribution in [-0.4, -0.2) is 50.9 Å². The highest BCUT2D eigenvalue weighted by molar-refractivity contribution is 8.13. The van der Waals surface area contributed by atoms with Gasteiger partial charge in [0.2, 0.25) is 5.91 Å². The lowest BCUT2D eigenvalue weighted by Gasteiger charge is -2.36. The van der Waals surface area contributed by atoms with Gasteiger partial charge in [-0.3, -0.25) is 14.6 Å². The number of rotatable bonds is 5. The highest BCUT2D eigenvalue weighted by atomic mass is 32.2.